The zero-order chi connectivity index (χ0) is 14.0. The monoisotopic (exact) mass is 283 g/mol. The van der Waals surface area contributed by atoms with E-state index >= 15 is 0 Å². The summed E-state index contributed by atoms with van der Waals surface area (Å²) < 4.78 is 5.37. The summed E-state index contributed by atoms with van der Waals surface area (Å²) in [6, 6.07) is 1.48. The average Bonchev–Trinajstić information content (AvgIpc) is 2.74. The van der Waals surface area contributed by atoms with Gasteiger partial charge in [-0.3, -0.25) is 24.7 Å². The smallest absolute Gasteiger partial charge is 0.288 e. The largest absolute Gasteiger partial charge is 0.464 e. The van der Waals surface area contributed by atoms with Crippen LogP contribution in [0.5, 0.6) is 0 Å². The van der Waals surface area contributed by atoms with E-state index < -0.39 is 5.91 Å². The van der Waals surface area contributed by atoms with E-state index in [1.165, 1.54) is 6.07 Å². The minimum absolute atomic E-state index is 0.0311. The van der Waals surface area contributed by atoms with Crippen molar-refractivity contribution >= 4 is 28.8 Å². The SMILES string of the molecule is Cc1oc(CN2C(=O)CCSC2=O)cc1C(=O)NN. The molecule has 1 aromatic heterocycles. The summed E-state index contributed by atoms with van der Waals surface area (Å²) in [7, 11) is 0. The molecular weight excluding hydrogens is 270 g/mol. The van der Waals surface area contributed by atoms with Crippen molar-refractivity contribution in [2.75, 3.05) is 5.75 Å². The first kappa shape index (κ1) is 13.6. The van der Waals surface area contributed by atoms with E-state index in [0.717, 1.165) is 16.7 Å². The van der Waals surface area contributed by atoms with Crippen molar-refractivity contribution in [2.45, 2.75) is 19.9 Å². The van der Waals surface area contributed by atoms with Gasteiger partial charge in [-0.05, 0) is 13.0 Å². The number of nitrogens with zero attached hydrogens (tertiary/aromatic N) is 1. The number of rotatable bonds is 3. The number of hydrogen-bond donors (Lipinski definition) is 2. The lowest BCUT2D eigenvalue weighted by atomic mass is 10.2. The van der Waals surface area contributed by atoms with Gasteiger partial charge in [0.25, 0.3) is 11.1 Å². The van der Waals surface area contributed by atoms with Gasteiger partial charge in [0.15, 0.2) is 0 Å². The Bertz CT molecular complexity index is 524. The maximum atomic E-state index is 11.6. The number of thioether (sulfide) groups is 1. The zero-order valence-corrected chi connectivity index (χ0v) is 11.1. The fourth-order valence-corrected chi connectivity index (χ4v) is 2.55. The first-order valence-corrected chi connectivity index (χ1v) is 6.59. The molecule has 1 aliphatic heterocycles. The molecule has 2 rings (SSSR count). The number of amides is 3. The average molecular weight is 283 g/mol. The van der Waals surface area contributed by atoms with Crippen LogP contribution in [-0.4, -0.2) is 27.7 Å². The maximum absolute atomic E-state index is 11.6. The van der Waals surface area contributed by atoms with Crippen molar-refractivity contribution in [3.05, 3.63) is 23.2 Å². The minimum Gasteiger partial charge on any atom is -0.464 e. The Morgan fingerprint density at radius 2 is 2.32 bits per heavy atom. The van der Waals surface area contributed by atoms with Crippen LogP contribution in [0.4, 0.5) is 4.79 Å². The highest BCUT2D eigenvalue weighted by Gasteiger charge is 2.28. The first-order chi connectivity index (χ1) is 9.02. The number of carbonyl (C=O) groups excluding carboxylic acids is 3. The van der Waals surface area contributed by atoms with Crippen LogP contribution in [-0.2, 0) is 11.3 Å². The van der Waals surface area contributed by atoms with Crippen LogP contribution in [0.1, 0.15) is 28.3 Å². The first-order valence-electron chi connectivity index (χ1n) is 5.60. The van der Waals surface area contributed by atoms with Gasteiger partial charge in [0.1, 0.15) is 11.5 Å². The Balaban J connectivity index is 2.17. The van der Waals surface area contributed by atoms with E-state index in [9.17, 15) is 14.4 Å². The molecule has 1 fully saturated rings. The Labute approximate surface area is 113 Å². The van der Waals surface area contributed by atoms with Crippen LogP contribution in [0.3, 0.4) is 0 Å². The number of hydrazine groups is 1. The Hall–Kier alpha value is -1.80. The molecule has 0 aliphatic carbocycles. The minimum atomic E-state index is -0.474. The third-order valence-electron chi connectivity index (χ3n) is 2.72. The van der Waals surface area contributed by atoms with Crippen LogP contribution in [0.2, 0.25) is 0 Å². The Morgan fingerprint density at radius 1 is 1.58 bits per heavy atom. The van der Waals surface area contributed by atoms with Gasteiger partial charge in [-0.25, -0.2) is 5.84 Å². The molecule has 0 unspecified atom stereocenters. The molecular formula is C11H13N3O4S. The summed E-state index contributed by atoms with van der Waals surface area (Å²) in [4.78, 5) is 35.8. The molecule has 102 valence electrons. The van der Waals surface area contributed by atoms with E-state index in [2.05, 4.69) is 0 Å². The number of nitrogen functional groups attached to an aromatic ring is 1. The predicted octanol–water partition coefficient (Wildman–Crippen LogP) is 0.777. The second-order valence-electron chi connectivity index (χ2n) is 4.00. The van der Waals surface area contributed by atoms with Gasteiger partial charge in [0.2, 0.25) is 5.91 Å². The standard InChI is InChI=1S/C11H13N3O4S/c1-6-8(10(16)13-12)4-7(18-6)5-14-9(15)2-3-19-11(14)17/h4H,2-3,5,12H2,1H3,(H,13,16). The highest BCUT2D eigenvalue weighted by Crippen LogP contribution is 2.23. The summed E-state index contributed by atoms with van der Waals surface area (Å²) in [5, 5.41) is -0.296. The Morgan fingerprint density at radius 3 is 2.95 bits per heavy atom. The van der Waals surface area contributed by atoms with Crippen LogP contribution >= 0.6 is 11.8 Å². The molecule has 0 bridgehead atoms. The number of carbonyl (C=O) groups is 3. The molecule has 1 aliphatic rings. The van der Waals surface area contributed by atoms with E-state index in [1.807, 2.05) is 5.43 Å². The number of aryl methyl sites for hydroxylation is 1. The molecule has 0 atom stereocenters. The molecule has 0 aromatic carbocycles. The second kappa shape index (κ2) is 5.45. The van der Waals surface area contributed by atoms with Gasteiger partial charge < -0.3 is 4.42 Å². The number of nitrogens with two attached hydrogens (primary N) is 1. The number of furan rings is 1. The highest BCUT2D eigenvalue weighted by atomic mass is 32.2. The van der Waals surface area contributed by atoms with Crippen molar-refractivity contribution in [3.8, 4) is 0 Å². The quantitative estimate of drug-likeness (QED) is 0.482. The van der Waals surface area contributed by atoms with Crippen molar-refractivity contribution in [2.24, 2.45) is 5.84 Å². The molecule has 7 nitrogen and oxygen atoms in total. The third-order valence-corrected chi connectivity index (χ3v) is 3.60. The summed E-state index contributed by atoms with van der Waals surface area (Å²) >= 11 is 1.10. The third kappa shape index (κ3) is 2.79. The lowest BCUT2D eigenvalue weighted by molar-refractivity contribution is -0.128. The fourth-order valence-electron chi connectivity index (χ4n) is 1.77. The molecule has 19 heavy (non-hydrogen) atoms. The molecule has 1 saturated heterocycles. The lowest BCUT2D eigenvalue weighted by Crippen LogP contribution is -2.37. The number of imide groups is 1. The van der Waals surface area contributed by atoms with Crippen molar-refractivity contribution in [3.63, 3.8) is 0 Å². The van der Waals surface area contributed by atoms with E-state index in [1.54, 1.807) is 6.92 Å². The predicted molar refractivity (Wildman–Crippen MR) is 68.1 cm³/mol. The molecule has 0 spiro atoms. The van der Waals surface area contributed by atoms with Gasteiger partial charge >= 0.3 is 0 Å². The van der Waals surface area contributed by atoms with Crippen molar-refractivity contribution in [1.29, 1.82) is 0 Å². The summed E-state index contributed by atoms with van der Waals surface area (Å²) in [5.74, 6) is 5.61. The molecule has 8 heteroatoms. The second-order valence-corrected chi connectivity index (χ2v) is 5.05. The van der Waals surface area contributed by atoms with Crippen molar-refractivity contribution in [1.82, 2.24) is 10.3 Å². The lowest BCUT2D eigenvalue weighted by Gasteiger charge is -2.22. The van der Waals surface area contributed by atoms with Crippen LogP contribution < -0.4 is 11.3 Å². The van der Waals surface area contributed by atoms with Crippen LogP contribution in [0, 0.1) is 6.92 Å². The van der Waals surface area contributed by atoms with Gasteiger partial charge in [0, 0.05) is 12.2 Å². The van der Waals surface area contributed by atoms with Gasteiger partial charge in [-0.15, -0.1) is 0 Å². The van der Waals surface area contributed by atoms with Gasteiger partial charge in [0.05, 0.1) is 12.1 Å². The highest BCUT2D eigenvalue weighted by molar-refractivity contribution is 8.13. The summed E-state index contributed by atoms with van der Waals surface area (Å²) in [6.45, 7) is 1.64. The molecule has 0 radical (unpaired) electrons. The van der Waals surface area contributed by atoms with Gasteiger partial charge in [-0.1, -0.05) is 11.8 Å². The fraction of sp³-hybridized carbons (Fsp3) is 0.364. The summed E-state index contributed by atoms with van der Waals surface area (Å²) in [6.07, 6.45) is 0.326. The topological polar surface area (TPSA) is 106 Å². The van der Waals surface area contributed by atoms with E-state index in [0.29, 0.717) is 29.3 Å². The molecule has 3 N–H and O–H groups in total. The Kier molecular flexibility index (Phi) is 3.91. The normalized spacial score (nSPS) is 15.8. The number of nitrogens with one attached hydrogen (secondary N) is 1. The molecule has 0 saturated carbocycles. The van der Waals surface area contributed by atoms with Crippen molar-refractivity contribution < 1.29 is 18.8 Å². The summed E-state index contributed by atoms with van der Waals surface area (Å²) in [5.41, 5.74) is 2.30. The maximum Gasteiger partial charge on any atom is 0.288 e. The molecule has 2 heterocycles. The van der Waals surface area contributed by atoms with Crippen LogP contribution in [0.15, 0.2) is 10.5 Å². The van der Waals surface area contributed by atoms with E-state index in [4.69, 9.17) is 10.3 Å². The molecule has 1 aromatic rings. The van der Waals surface area contributed by atoms with Crippen LogP contribution in [0.25, 0.3) is 0 Å². The number of hydrogen-bond acceptors (Lipinski definition) is 6. The van der Waals surface area contributed by atoms with Gasteiger partial charge in [-0.2, -0.15) is 0 Å². The van der Waals surface area contributed by atoms with E-state index in [-0.39, 0.29) is 17.7 Å². The molecule has 3 amide bonds. The zero-order valence-electron chi connectivity index (χ0n) is 10.3.